The predicted molar refractivity (Wildman–Crippen MR) is 84.0 cm³/mol. The molecular weight excluding hydrogens is 431 g/mol. The van der Waals surface area contributed by atoms with Crippen LogP contribution in [0.15, 0.2) is 22.7 Å². The second-order valence-electron chi connectivity index (χ2n) is 3.49. The van der Waals surface area contributed by atoms with Gasteiger partial charge in [0.2, 0.25) is 0 Å². The quantitative estimate of drug-likeness (QED) is 0.703. The lowest BCUT2D eigenvalue weighted by molar-refractivity contribution is 0.0701. The average molecular weight is 439 g/mol. The number of carbonyl (C=O) groups is 1. The predicted octanol–water partition coefficient (Wildman–Crippen LogP) is 4.26. The van der Waals surface area contributed by atoms with Gasteiger partial charge in [0, 0.05) is 13.7 Å². The maximum Gasteiger partial charge on any atom is 0.347 e. The van der Waals surface area contributed by atoms with Crippen LogP contribution < -0.4 is 5.32 Å². The van der Waals surface area contributed by atoms with Crippen molar-refractivity contribution in [2.24, 2.45) is 0 Å². The van der Waals surface area contributed by atoms with Gasteiger partial charge in [-0.05, 0) is 63.6 Å². The number of carboxylic acid groups (broad SMARTS) is 1. The highest BCUT2D eigenvalue weighted by Gasteiger charge is 2.14. The molecule has 1 heterocycles. The van der Waals surface area contributed by atoms with E-state index in [4.69, 9.17) is 5.11 Å². The Hall–Kier alpha value is -0.670. The molecule has 0 atom stereocenters. The minimum absolute atomic E-state index is 0.268. The van der Waals surface area contributed by atoms with E-state index in [2.05, 4.69) is 48.8 Å². The molecule has 0 saturated heterocycles. The summed E-state index contributed by atoms with van der Waals surface area (Å²) in [6.45, 7) is 1.69. The van der Waals surface area contributed by atoms with Crippen LogP contribution in [0.25, 0.3) is 0 Å². The fraction of sp³-hybridized carbons (Fsp3) is 0.0909. The molecule has 0 radical (unpaired) electrons. The van der Waals surface area contributed by atoms with Gasteiger partial charge in [0.1, 0.15) is 4.88 Å². The van der Waals surface area contributed by atoms with E-state index >= 15 is 0 Å². The molecule has 2 N–H and O–H groups in total. The Morgan fingerprint density at radius 3 is 2.83 bits per heavy atom. The Morgan fingerprint density at radius 1 is 1.56 bits per heavy atom. The number of halogens is 2. The number of benzene rings is 1. The van der Waals surface area contributed by atoms with Gasteiger partial charge in [0.25, 0.3) is 0 Å². The normalized spacial score (nSPS) is 10.4. The molecule has 2 aromatic rings. The molecule has 0 aliphatic heterocycles. The van der Waals surface area contributed by atoms with E-state index < -0.39 is 5.97 Å². The lowest BCUT2D eigenvalue weighted by Crippen LogP contribution is -1.94. The zero-order chi connectivity index (χ0) is 13.3. The first kappa shape index (κ1) is 13.8. The van der Waals surface area contributed by atoms with Crippen LogP contribution in [-0.4, -0.2) is 16.1 Å². The van der Waals surface area contributed by atoms with Crippen LogP contribution >= 0.6 is 49.9 Å². The second-order valence-corrected chi connectivity index (χ2v) is 6.51. The highest BCUT2D eigenvalue weighted by Crippen LogP contribution is 2.28. The average Bonchev–Trinajstić information content (AvgIpc) is 2.65. The van der Waals surface area contributed by atoms with Crippen molar-refractivity contribution in [3.05, 3.63) is 36.8 Å². The Morgan fingerprint density at radius 2 is 2.28 bits per heavy atom. The number of nitrogens with one attached hydrogen (secondary N) is 1. The summed E-state index contributed by atoms with van der Waals surface area (Å²) in [5.41, 5.74) is 1.41. The summed E-state index contributed by atoms with van der Waals surface area (Å²) in [5.74, 6) is -0.941. The number of thiazole rings is 1. The highest BCUT2D eigenvalue weighted by molar-refractivity contribution is 14.1. The van der Waals surface area contributed by atoms with Crippen LogP contribution in [-0.2, 0) is 0 Å². The van der Waals surface area contributed by atoms with Crippen LogP contribution in [0.2, 0.25) is 0 Å². The Kier molecular flexibility index (Phi) is 4.23. The molecule has 0 aliphatic rings. The van der Waals surface area contributed by atoms with Crippen LogP contribution in [0.5, 0.6) is 0 Å². The molecule has 0 aliphatic carbocycles. The molecule has 4 nitrogen and oxygen atoms in total. The van der Waals surface area contributed by atoms with E-state index in [-0.39, 0.29) is 4.88 Å². The van der Waals surface area contributed by atoms with Gasteiger partial charge in [0.15, 0.2) is 5.13 Å². The van der Waals surface area contributed by atoms with Crippen LogP contribution in [0.4, 0.5) is 10.8 Å². The van der Waals surface area contributed by atoms with Crippen molar-refractivity contribution in [3.63, 3.8) is 0 Å². The molecule has 0 spiro atoms. The summed E-state index contributed by atoms with van der Waals surface area (Å²) in [6.07, 6.45) is 0. The minimum atomic E-state index is -0.941. The number of hydrogen-bond acceptors (Lipinski definition) is 4. The molecular formula is C11H8BrIN2O2S. The summed E-state index contributed by atoms with van der Waals surface area (Å²) < 4.78 is 2.10. The highest BCUT2D eigenvalue weighted by atomic mass is 127. The smallest absolute Gasteiger partial charge is 0.347 e. The summed E-state index contributed by atoms with van der Waals surface area (Å²) >= 11 is 6.78. The Bertz CT molecular complexity index is 615. The fourth-order valence-corrected chi connectivity index (χ4v) is 2.93. The molecule has 1 aromatic heterocycles. The van der Waals surface area contributed by atoms with Gasteiger partial charge in [-0.25, -0.2) is 9.78 Å². The summed E-state index contributed by atoms with van der Waals surface area (Å²) in [6, 6.07) is 5.80. The summed E-state index contributed by atoms with van der Waals surface area (Å²) in [7, 11) is 0. The number of aryl methyl sites for hydroxylation is 1. The lowest BCUT2D eigenvalue weighted by atomic mass is 10.3. The van der Waals surface area contributed by atoms with Crippen molar-refractivity contribution in [1.29, 1.82) is 0 Å². The molecule has 0 bridgehead atoms. The standard InChI is InChI=1S/C11H8BrIN2O2S/c1-5-9(10(16)17)18-11(14-5)15-6-2-3-7(12)8(13)4-6/h2-4H,1H3,(H,14,15)(H,16,17). The molecule has 0 fully saturated rings. The number of aromatic nitrogens is 1. The van der Waals surface area contributed by atoms with E-state index in [1.54, 1.807) is 6.92 Å². The fourth-order valence-electron chi connectivity index (χ4n) is 1.35. The first-order valence-corrected chi connectivity index (χ1v) is 7.59. The van der Waals surface area contributed by atoms with E-state index in [0.29, 0.717) is 10.8 Å². The maximum absolute atomic E-state index is 10.9. The van der Waals surface area contributed by atoms with Gasteiger partial charge < -0.3 is 10.4 Å². The van der Waals surface area contributed by atoms with Crippen molar-refractivity contribution in [2.45, 2.75) is 6.92 Å². The molecule has 0 unspecified atom stereocenters. The van der Waals surface area contributed by atoms with Gasteiger partial charge in [-0.2, -0.15) is 0 Å². The van der Waals surface area contributed by atoms with Gasteiger partial charge >= 0.3 is 5.97 Å². The number of nitrogens with zero attached hydrogens (tertiary/aromatic N) is 1. The monoisotopic (exact) mass is 438 g/mol. The molecule has 94 valence electrons. The molecule has 1 aromatic carbocycles. The van der Waals surface area contributed by atoms with E-state index in [9.17, 15) is 4.79 Å². The van der Waals surface area contributed by atoms with E-state index in [1.165, 1.54) is 0 Å². The van der Waals surface area contributed by atoms with Crippen molar-refractivity contribution in [2.75, 3.05) is 5.32 Å². The van der Waals surface area contributed by atoms with E-state index in [1.807, 2.05) is 18.2 Å². The number of rotatable bonds is 3. The number of anilines is 2. The third kappa shape index (κ3) is 3.01. The third-order valence-corrected chi connectivity index (χ3v) is 5.55. The molecule has 0 amide bonds. The first-order valence-electron chi connectivity index (χ1n) is 4.90. The second kappa shape index (κ2) is 5.54. The van der Waals surface area contributed by atoms with Crippen LogP contribution in [0.3, 0.4) is 0 Å². The topological polar surface area (TPSA) is 62.2 Å². The zero-order valence-electron chi connectivity index (χ0n) is 9.20. The van der Waals surface area contributed by atoms with Crippen LogP contribution in [0.1, 0.15) is 15.4 Å². The molecule has 0 saturated carbocycles. The van der Waals surface area contributed by atoms with Gasteiger partial charge in [-0.15, -0.1) is 0 Å². The molecule has 18 heavy (non-hydrogen) atoms. The van der Waals surface area contributed by atoms with Crippen molar-refractivity contribution in [3.8, 4) is 0 Å². The molecule has 2 rings (SSSR count). The first-order chi connectivity index (χ1) is 8.47. The largest absolute Gasteiger partial charge is 0.477 e. The van der Waals surface area contributed by atoms with Gasteiger partial charge in [-0.1, -0.05) is 11.3 Å². The number of aromatic carboxylic acids is 1. The number of hydrogen-bond donors (Lipinski definition) is 2. The van der Waals surface area contributed by atoms with Crippen LogP contribution in [0, 0.1) is 10.5 Å². The van der Waals surface area contributed by atoms with Gasteiger partial charge in [-0.3, -0.25) is 0 Å². The lowest BCUT2D eigenvalue weighted by Gasteiger charge is -2.03. The van der Waals surface area contributed by atoms with Crippen molar-refractivity contribution >= 4 is 66.6 Å². The Balaban J connectivity index is 2.26. The van der Waals surface area contributed by atoms with Crippen molar-refractivity contribution < 1.29 is 9.90 Å². The third-order valence-electron chi connectivity index (χ3n) is 2.16. The van der Waals surface area contributed by atoms with Crippen molar-refractivity contribution in [1.82, 2.24) is 4.98 Å². The summed E-state index contributed by atoms with van der Waals surface area (Å²) in [5, 5.41) is 12.7. The maximum atomic E-state index is 10.9. The van der Waals surface area contributed by atoms with E-state index in [0.717, 1.165) is 25.1 Å². The molecule has 7 heteroatoms. The van der Waals surface area contributed by atoms with Gasteiger partial charge in [0.05, 0.1) is 5.69 Å². The number of carboxylic acids is 1. The zero-order valence-corrected chi connectivity index (χ0v) is 13.8. The SMILES string of the molecule is Cc1nc(Nc2ccc(Br)c(I)c2)sc1C(=O)O. The Labute approximate surface area is 130 Å². The minimum Gasteiger partial charge on any atom is -0.477 e. The summed E-state index contributed by atoms with van der Waals surface area (Å²) in [4.78, 5) is 15.4.